The van der Waals surface area contributed by atoms with Crippen molar-refractivity contribution >= 4 is 22.8 Å². The Morgan fingerprint density at radius 1 is 0.667 bits per heavy atom. The second-order valence-corrected chi connectivity index (χ2v) is 9.31. The first-order valence-electron chi connectivity index (χ1n) is 4.92. The molecule has 0 fully saturated rings. The van der Waals surface area contributed by atoms with E-state index in [4.69, 9.17) is 29.4 Å². The van der Waals surface area contributed by atoms with E-state index in [2.05, 4.69) is 0 Å². The van der Waals surface area contributed by atoms with Crippen molar-refractivity contribution in [1.29, 1.82) is 0 Å². The first-order valence-corrected chi connectivity index (χ1v) is 10.3. The summed E-state index contributed by atoms with van der Waals surface area (Å²) in [5, 5.41) is 0. The molecule has 0 atom stereocenters. The molecule has 0 aliphatic heterocycles. The van der Waals surface area contributed by atoms with E-state index in [1.807, 2.05) is 0 Å². The standard InChI is InChI=1S/C6H17O9P3/c7-16(8,9)3-1-6(5-18(13,14)15)2-4-17(10,11)12/h6H,1-5H2,(H2,7,8,9)(H2,10,11,12)(H2,13,14,15). The van der Waals surface area contributed by atoms with E-state index in [0.717, 1.165) is 0 Å². The summed E-state index contributed by atoms with van der Waals surface area (Å²) in [7, 11) is -13.0. The molecule has 0 aliphatic carbocycles. The number of hydrogen-bond acceptors (Lipinski definition) is 3. The molecule has 6 N–H and O–H groups in total. The smallest absolute Gasteiger partial charge is 0.324 e. The zero-order chi connectivity index (χ0) is 14.6. The van der Waals surface area contributed by atoms with E-state index in [0.29, 0.717) is 0 Å². The van der Waals surface area contributed by atoms with Crippen molar-refractivity contribution in [2.24, 2.45) is 5.92 Å². The van der Waals surface area contributed by atoms with E-state index in [1.54, 1.807) is 0 Å². The van der Waals surface area contributed by atoms with Crippen molar-refractivity contribution < 1.29 is 43.1 Å². The lowest BCUT2D eigenvalue weighted by molar-refractivity contribution is 0.341. The lowest BCUT2D eigenvalue weighted by Crippen LogP contribution is -2.11. The van der Waals surface area contributed by atoms with Crippen LogP contribution >= 0.6 is 22.8 Å². The topological polar surface area (TPSA) is 173 Å². The molecule has 18 heavy (non-hydrogen) atoms. The fourth-order valence-electron chi connectivity index (χ4n) is 1.36. The first-order chi connectivity index (χ1) is 7.79. The maximum absolute atomic E-state index is 10.8. The fraction of sp³-hybridized carbons (Fsp3) is 1.00. The van der Waals surface area contributed by atoms with Crippen LogP contribution < -0.4 is 0 Å². The van der Waals surface area contributed by atoms with Gasteiger partial charge < -0.3 is 29.4 Å². The van der Waals surface area contributed by atoms with Crippen LogP contribution in [0.15, 0.2) is 0 Å². The molecule has 0 saturated heterocycles. The summed E-state index contributed by atoms with van der Waals surface area (Å²) in [6.07, 6.45) is -2.19. The van der Waals surface area contributed by atoms with Crippen LogP contribution in [0.4, 0.5) is 0 Å². The summed E-state index contributed by atoms with van der Waals surface area (Å²) in [5.74, 6) is -0.842. The maximum Gasteiger partial charge on any atom is 0.325 e. The summed E-state index contributed by atoms with van der Waals surface area (Å²) >= 11 is 0. The van der Waals surface area contributed by atoms with Gasteiger partial charge in [-0.05, 0) is 18.8 Å². The molecule has 0 bridgehead atoms. The molecule has 0 aromatic rings. The zero-order valence-corrected chi connectivity index (χ0v) is 12.0. The molecule has 12 heteroatoms. The average molecular weight is 326 g/mol. The Morgan fingerprint density at radius 3 is 1.22 bits per heavy atom. The normalized spacial score (nSPS) is 14.2. The molecule has 0 aliphatic rings. The van der Waals surface area contributed by atoms with Crippen LogP contribution in [0.5, 0.6) is 0 Å². The third-order valence-corrected chi connectivity index (χ3v) is 4.83. The van der Waals surface area contributed by atoms with Crippen molar-refractivity contribution in [2.45, 2.75) is 12.8 Å². The van der Waals surface area contributed by atoms with Crippen molar-refractivity contribution in [2.75, 3.05) is 18.5 Å². The quantitative estimate of drug-likeness (QED) is 0.333. The van der Waals surface area contributed by atoms with Gasteiger partial charge in [0.25, 0.3) is 0 Å². The van der Waals surface area contributed by atoms with Gasteiger partial charge in [-0.15, -0.1) is 0 Å². The van der Waals surface area contributed by atoms with Crippen molar-refractivity contribution in [3.63, 3.8) is 0 Å². The summed E-state index contributed by atoms with van der Waals surface area (Å²) in [5.41, 5.74) is 0. The molecule has 0 heterocycles. The van der Waals surface area contributed by atoms with E-state index in [-0.39, 0.29) is 12.8 Å². The van der Waals surface area contributed by atoms with Crippen LogP contribution in [0, 0.1) is 5.92 Å². The fourth-order valence-corrected chi connectivity index (χ4v) is 3.81. The summed E-state index contributed by atoms with van der Waals surface area (Å²) < 4.78 is 32.1. The third-order valence-electron chi connectivity index (χ3n) is 2.15. The lowest BCUT2D eigenvalue weighted by atomic mass is 10.1. The van der Waals surface area contributed by atoms with Gasteiger partial charge in [-0.2, -0.15) is 0 Å². The van der Waals surface area contributed by atoms with Crippen LogP contribution in [0.2, 0.25) is 0 Å². The second kappa shape index (κ2) is 6.75. The Bertz CT molecular complexity index is 363. The molecule has 0 saturated carbocycles. The Hall–Kier alpha value is 0.450. The highest BCUT2D eigenvalue weighted by molar-refractivity contribution is 7.52. The minimum Gasteiger partial charge on any atom is -0.324 e. The summed E-state index contributed by atoms with van der Waals surface area (Å²) in [6.45, 7) is 0. The van der Waals surface area contributed by atoms with Gasteiger partial charge in [-0.25, -0.2) is 0 Å². The molecular weight excluding hydrogens is 309 g/mol. The van der Waals surface area contributed by atoms with Crippen LogP contribution in [0.3, 0.4) is 0 Å². The van der Waals surface area contributed by atoms with Crippen molar-refractivity contribution in [3.05, 3.63) is 0 Å². The Morgan fingerprint density at radius 2 is 1.00 bits per heavy atom. The van der Waals surface area contributed by atoms with Gasteiger partial charge in [0.1, 0.15) is 0 Å². The average Bonchev–Trinajstić information content (AvgIpc) is 2.05. The van der Waals surface area contributed by atoms with Crippen molar-refractivity contribution in [3.8, 4) is 0 Å². The molecular formula is C6H17O9P3. The highest BCUT2D eigenvalue weighted by Crippen LogP contribution is 2.44. The Kier molecular flexibility index (Phi) is 6.92. The minimum absolute atomic E-state index is 0.199. The lowest BCUT2D eigenvalue weighted by Gasteiger charge is -2.18. The molecule has 110 valence electrons. The van der Waals surface area contributed by atoms with E-state index in [1.165, 1.54) is 0 Å². The summed E-state index contributed by atoms with van der Waals surface area (Å²) in [4.78, 5) is 52.2. The Labute approximate surface area is 104 Å². The number of rotatable bonds is 8. The van der Waals surface area contributed by atoms with Crippen molar-refractivity contribution in [1.82, 2.24) is 0 Å². The van der Waals surface area contributed by atoms with Gasteiger partial charge in [0.15, 0.2) is 0 Å². The molecule has 0 amide bonds. The predicted octanol–water partition coefficient (Wildman–Crippen LogP) is -0.0841. The highest BCUT2D eigenvalue weighted by Gasteiger charge is 2.26. The van der Waals surface area contributed by atoms with Gasteiger partial charge in [0, 0.05) is 0 Å². The molecule has 0 aromatic carbocycles. The molecule has 0 spiro atoms. The molecule has 0 rings (SSSR count). The van der Waals surface area contributed by atoms with Gasteiger partial charge in [-0.1, -0.05) is 0 Å². The van der Waals surface area contributed by atoms with Crippen LogP contribution in [0.25, 0.3) is 0 Å². The molecule has 0 unspecified atom stereocenters. The SMILES string of the molecule is O=P(O)(O)CCC(CCP(=O)(O)O)CP(=O)(O)O. The van der Waals surface area contributed by atoms with E-state index in [9.17, 15) is 13.7 Å². The van der Waals surface area contributed by atoms with Gasteiger partial charge in [0.05, 0.1) is 18.5 Å². The van der Waals surface area contributed by atoms with Gasteiger partial charge >= 0.3 is 22.8 Å². The first kappa shape index (κ1) is 18.4. The Balaban J connectivity index is 4.48. The predicted molar refractivity (Wildman–Crippen MR) is 63.5 cm³/mol. The maximum atomic E-state index is 10.8. The van der Waals surface area contributed by atoms with Crippen LogP contribution in [-0.4, -0.2) is 47.8 Å². The molecule has 0 aromatic heterocycles. The monoisotopic (exact) mass is 326 g/mol. The minimum atomic E-state index is -4.39. The number of hydrogen-bond donors (Lipinski definition) is 6. The largest absolute Gasteiger partial charge is 0.325 e. The van der Waals surface area contributed by atoms with Crippen LogP contribution in [0.1, 0.15) is 12.8 Å². The van der Waals surface area contributed by atoms with E-state index >= 15 is 0 Å². The zero-order valence-electron chi connectivity index (χ0n) is 9.36. The van der Waals surface area contributed by atoms with Crippen LogP contribution in [-0.2, 0) is 13.7 Å². The highest BCUT2D eigenvalue weighted by atomic mass is 31.2. The van der Waals surface area contributed by atoms with E-state index < -0.39 is 47.2 Å². The molecule has 9 nitrogen and oxygen atoms in total. The molecule has 0 radical (unpaired) electrons. The van der Waals surface area contributed by atoms with Gasteiger partial charge in [-0.3, -0.25) is 13.7 Å². The summed E-state index contributed by atoms with van der Waals surface area (Å²) in [6, 6.07) is 0. The third kappa shape index (κ3) is 12.9. The van der Waals surface area contributed by atoms with Gasteiger partial charge in [0.2, 0.25) is 0 Å². The second-order valence-electron chi connectivity index (χ2n) is 4.07.